The molecule has 0 radical (unpaired) electrons. The highest BCUT2D eigenvalue weighted by atomic mass is 32.2. The van der Waals surface area contributed by atoms with Crippen LogP contribution in [-0.2, 0) is 22.3 Å². The number of rotatable bonds is 5. The Hall–Kier alpha value is -2.34. The summed E-state index contributed by atoms with van der Waals surface area (Å²) in [5.41, 5.74) is 2.40. The standard InChI is InChI=1S/C17H15FN2O2S/c1-12-6-8-13(9-7-12)17-19-16(22-20-17)11-23(21)10-14-4-2-3-5-15(14)18/h2-9H,10-11H2,1H3/t23-/m1/s1. The summed E-state index contributed by atoms with van der Waals surface area (Å²) in [5, 5.41) is 3.90. The summed E-state index contributed by atoms with van der Waals surface area (Å²) in [7, 11) is -1.32. The molecule has 0 bridgehead atoms. The number of hydrogen-bond donors (Lipinski definition) is 0. The van der Waals surface area contributed by atoms with Crippen LogP contribution in [0.2, 0.25) is 0 Å². The lowest BCUT2D eigenvalue weighted by Gasteiger charge is -2.01. The minimum atomic E-state index is -1.32. The van der Waals surface area contributed by atoms with Crippen molar-refractivity contribution in [3.63, 3.8) is 0 Å². The first kappa shape index (κ1) is 15.6. The molecular weight excluding hydrogens is 315 g/mol. The van der Waals surface area contributed by atoms with Gasteiger partial charge in [-0.05, 0) is 13.0 Å². The molecule has 1 heterocycles. The highest BCUT2D eigenvalue weighted by molar-refractivity contribution is 7.83. The number of aryl methyl sites for hydroxylation is 1. The molecule has 0 saturated heterocycles. The van der Waals surface area contributed by atoms with E-state index in [4.69, 9.17) is 4.52 Å². The number of hydrogen-bond acceptors (Lipinski definition) is 4. The zero-order valence-electron chi connectivity index (χ0n) is 12.5. The average molecular weight is 330 g/mol. The summed E-state index contributed by atoms with van der Waals surface area (Å²) >= 11 is 0. The zero-order valence-corrected chi connectivity index (χ0v) is 13.3. The van der Waals surface area contributed by atoms with Crippen LogP contribution in [0.4, 0.5) is 4.39 Å². The number of aromatic nitrogens is 2. The number of nitrogens with zero attached hydrogens (tertiary/aromatic N) is 2. The molecule has 3 rings (SSSR count). The molecule has 6 heteroatoms. The van der Waals surface area contributed by atoms with Crippen molar-refractivity contribution in [3.8, 4) is 11.4 Å². The van der Waals surface area contributed by atoms with Crippen molar-refractivity contribution in [1.82, 2.24) is 10.1 Å². The van der Waals surface area contributed by atoms with Crippen LogP contribution in [0.25, 0.3) is 11.4 Å². The van der Waals surface area contributed by atoms with E-state index in [0.29, 0.717) is 11.4 Å². The maximum atomic E-state index is 13.6. The Kier molecular flexibility index (Phi) is 4.62. The molecule has 0 fully saturated rings. The van der Waals surface area contributed by atoms with Gasteiger partial charge in [0.1, 0.15) is 11.6 Å². The predicted octanol–water partition coefficient (Wildman–Crippen LogP) is 3.63. The summed E-state index contributed by atoms with van der Waals surface area (Å²) in [4.78, 5) is 4.25. The summed E-state index contributed by atoms with van der Waals surface area (Å²) < 4.78 is 30.8. The smallest absolute Gasteiger partial charge is 0.239 e. The fraction of sp³-hybridized carbons (Fsp3) is 0.176. The third kappa shape index (κ3) is 3.90. The number of halogens is 1. The van der Waals surface area contributed by atoms with Crippen molar-refractivity contribution in [3.05, 3.63) is 71.4 Å². The molecule has 2 aromatic carbocycles. The lowest BCUT2D eigenvalue weighted by molar-refractivity contribution is 0.390. The second-order valence-electron chi connectivity index (χ2n) is 5.20. The molecule has 4 nitrogen and oxygen atoms in total. The van der Waals surface area contributed by atoms with Gasteiger partial charge in [-0.2, -0.15) is 4.98 Å². The van der Waals surface area contributed by atoms with Crippen LogP contribution in [0.3, 0.4) is 0 Å². The van der Waals surface area contributed by atoms with Crippen molar-refractivity contribution in [2.45, 2.75) is 18.4 Å². The summed E-state index contributed by atoms with van der Waals surface area (Å²) in [6, 6.07) is 14.0. The van der Waals surface area contributed by atoms with E-state index in [2.05, 4.69) is 10.1 Å². The lowest BCUT2D eigenvalue weighted by Crippen LogP contribution is -2.01. The van der Waals surface area contributed by atoms with E-state index in [0.717, 1.165) is 11.1 Å². The van der Waals surface area contributed by atoms with E-state index in [1.807, 2.05) is 31.2 Å². The van der Waals surface area contributed by atoms with Crippen LogP contribution in [0, 0.1) is 12.7 Å². The Labute approximate surface area is 135 Å². The van der Waals surface area contributed by atoms with E-state index in [1.165, 1.54) is 6.07 Å². The highest BCUT2D eigenvalue weighted by Crippen LogP contribution is 2.17. The molecule has 0 amide bonds. The van der Waals surface area contributed by atoms with Crippen LogP contribution >= 0.6 is 0 Å². The first-order valence-corrected chi connectivity index (χ1v) is 8.58. The quantitative estimate of drug-likeness (QED) is 0.717. The maximum Gasteiger partial charge on any atom is 0.239 e. The van der Waals surface area contributed by atoms with Gasteiger partial charge in [-0.3, -0.25) is 4.21 Å². The van der Waals surface area contributed by atoms with E-state index in [9.17, 15) is 8.60 Å². The molecule has 0 N–H and O–H groups in total. The molecule has 1 aromatic heterocycles. The van der Waals surface area contributed by atoms with Gasteiger partial charge in [0, 0.05) is 21.9 Å². The Morgan fingerprint density at radius 2 is 1.83 bits per heavy atom. The van der Waals surface area contributed by atoms with Gasteiger partial charge in [-0.15, -0.1) is 0 Å². The van der Waals surface area contributed by atoms with Gasteiger partial charge in [-0.1, -0.05) is 53.2 Å². The van der Waals surface area contributed by atoms with Crippen LogP contribution in [0.1, 0.15) is 17.0 Å². The molecular formula is C17H15FN2O2S. The highest BCUT2D eigenvalue weighted by Gasteiger charge is 2.13. The van der Waals surface area contributed by atoms with Gasteiger partial charge in [0.2, 0.25) is 11.7 Å². The summed E-state index contributed by atoms with van der Waals surface area (Å²) in [6.07, 6.45) is 0. The van der Waals surface area contributed by atoms with Gasteiger partial charge in [-0.25, -0.2) is 4.39 Å². The largest absolute Gasteiger partial charge is 0.338 e. The second kappa shape index (κ2) is 6.83. The first-order chi connectivity index (χ1) is 11.1. The average Bonchev–Trinajstić information content (AvgIpc) is 2.98. The molecule has 23 heavy (non-hydrogen) atoms. The third-order valence-electron chi connectivity index (χ3n) is 3.34. The molecule has 0 saturated carbocycles. The lowest BCUT2D eigenvalue weighted by atomic mass is 10.1. The zero-order chi connectivity index (χ0) is 16.2. The molecule has 1 atom stereocenters. The summed E-state index contributed by atoms with van der Waals surface area (Å²) in [6.45, 7) is 2.00. The van der Waals surface area contributed by atoms with Crippen LogP contribution < -0.4 is 0 Å². The van der Waals surface area contributed by atoms with E-state index in [1.54, 1.807) is 18.2 Å². The Morgan fingerprint density at radius 3 is 2.57 bits per heavy atom. The monoisotopic (exact) mass is 330 g/mol. The SMILES string of the molecule is Cc1ccc(-c2noc(C[S@](=O)Cc3ccccc3F)n2)cc1. The predicted molar refractivity (Wildman–Crippen MR) is 86.4 cm³/mol. The van der Waals surface area contributed by atoms with E-state index < -0.39 is 10.8 Å². The molecule has 0 aliphatic heterocycles. The Morgan fingerprint density at radius 1 is 1.09 bits per heavy atom. The van der Waals surface area contributed by atoms with Gasteiger partial charge >= 0.3 is 0 Å². The van der Waals surface area contributed by atoms with Gasteiger partial charge in [0.25, 0.3) is 0 Å². The molecule has 118 valence electrons. The fourth-order valence-corrected chi connectivity index (χ4v) is 3.19. The van der Waals surface area contributed by atoms with Crippen molar-refractivity contribution in [1.29, 1.82) is 0 Å². The van der Waals surface area contributed by atoms with Crippen LogP contribution in [0.15, 0.2) is 53.1 Å². The Balaban J connectivity index is 1.68. The van der Waals surface area contributed by atoms with Crippen molar-refractivity contribution < 1.29 is 13.1 Å². The minimum absolute atomic E-state index is 0.104. The maximum absolute atomic E-state index is 13.6. The van der Waals surface area contributed by atoms with Crippen molar-refractivity contribution >= 4 is 10.8 Å². The topological polar surface area (TPSA) is 56.0 Å². The van der Waals surface area contributed by atoms with E-state index >= 15 is 0 Å². The Bertz CT molecular complexity index is 831. The van der Waals surface area contributed by atoms with Gasteiger partial charge in [0.15, 0.2) is 0 Å². The van der Waals surface area contributed by atoms with Gasteiger partial charge in [0.05, 0.1) is 5.75 Å². The first-order valence-electron chi connectivity index (χ1n) is 7.10. The van der Waals surface area contributed by atoms with Crippen LogP contribution in [0.5, 0.6) is 0 Å². The molecule has 3 aromatic rings. The molecule has 0 spiro atoms. The minimum Gasteiger partial charge on any atom is -0.338 e. The van der Waals surface area contributed by atoms with Gasteiger partial charge < -0.3 is 4.52 Å². The van der Waals surface area contributed by atoms with Crippen molar-refractivity contribution in [2.75, 3.05) is 0 Å². The normalized spacial score (nSPS) is 12.3. The molecule has 0 aliphatic carbocycles. The van der Waals surface area contributed by atoms with Crippen LogP contribution in [-0.4, -0.2) is 14.3 Å². The number of benzene rings is 2. The fourth-order valence-electron chi connectivity index (χ4n) is 2.11. The summed E-state index contributed by atoms with van der Waals surface area (Å²) in [5.74, 6) is 0.618. The third-order valence-corrected chi connectivity index (χ3v) is 4.54. The second-order valence-corrected chi connectivity index (χ2v) is 6.65. The molecule has 0 unspecified atom stereocenters. The van der Waals surface area contributed by atoms with E-state index in [-0.39, 0.29) is 23.2 Å². The van der Waals surface area contributed by atoms with Crippen molar-refractivity contribution in [2.24, 2.45) is 0 Å². The molecule has 0 aliphatic rings.